The van der Waals surface area contributed by atoms with Crippen molar-refractivity contribution in [2.45, 2.75) is 0 Å². The molecule has 0 amide bonds. The molecule has 0 saturated carbocycles. The molecule has 0 aromatic carbocycles. The second-order valence-corrected chi connectivity index (χ2v) is 6.68. The Labute approximate surface area is 92.1 Å². The third-order valence-corrected chi connectivity index (χ3v) is 0. The topological polar surface area (TPSA) is 0 Å². The van der Waals surface area contributed by atoms with Gasteiger partial charge in [-0.3, -0.25) is 0 Å². The van der Waals surface area contributed by atoms with Crippen molar-refractivity contribution in [1.29, 1.82) is 0 Å². The first-order valence-electron chi connectivity index (χ1n) is 0.655. The quantitative estimate of drug-likeness (QED) is 0.404. The maximum atomic E-state index is 4.94. The van der Waals surface area contributed by atoms with Crippen LogP contribution in [0.3, 0.4) is 0 Å². The van der Waals surface area contributed by atoms with Gasteiger partial charge in [-0.1, -0.05) is 0 Å². The van der Waals surface area contributed by atoms with E-state index in [-0.39, 0.29) is 52.8 Å². The summed E-state index contributed by atoms with van der Waals surface area (Å²) in [6.07, 6.45) is 0. The molecule has 0 heterocycles. The zero-order valence-electron chi connectivity index (χ0n) is 3.71. The standard InChI is InChI=1S/Al.3ClH.K.H/h;3*1H;;/q+3;;;;+1;-1/p-3. The van der Waals surface area contributed by atoms with Crippen LogP contribution in [0.1, 0.15) is 1.43 Å². The number of hydrogen-bond acceptors (Lipinski definition) is 0. The van der Waals surface area contributed by atoms with Crippen LogP contribution < -0.4 is 51.4 Å². The fraction of sp³-hybridized carbons (Fsp3) is 0. The normalized spacial score (nSPS) is 5.40. The van der Waals surface area contributed by atoms with Gasteiger partial charge in [-0.25, -0.2) is 30.1 Å². The first kappa shape index (κ1) is 10.9. The van der Waals surface area contributed by atoms with Crippen molar-refractivity contribution in [3.63, 3.8) is 0 Å². The van der Waals surface area contributed by atoms with Gasteiger partial charge in [-0.15, -0.1) is 0 Å². The predicted molar refractivity (Wildman–Crippen MR) is 24.4 cm³/mol. The van der Waals surface area contributed by atoms with E-state index in [4.69, 9.17) is 30.1 Å². The van der Waals surface area contributed by atoms with Crippen molar-refractivity contribution < 1.29 is 52.8 Å². The Kier molecular flexibility index (Phi) is 15.4. The second kappa shape index (κ2) is 7.04. The van der Waals surface area contributed by atoms with E-state index < -0.39 is 11.4 Å². The SMILES string of the molecule is [Cl][Al]([Cl])[Cl].[H-].[K+]. The molecule has 0 atom stereocenters. The molecule has 0 aromatic rings. The molecule has 0 aliphatic heterocycles. The third kappa shape index (κ3) is 19.4. The molecule has 5 heavy (non-hydrogen) atoms. The van der Waals surface area contributed by atoms with Crippen LogP contribution in [0.15, 0.2) is 0 Å². The van der Waals surface area contributed by atoms with Gasteiger partial charge in [0.15, 0.2) is 0 Å². The Balaban J connectivity index is -0.0000000450. The maximum absolute atomic E-state index is 4.94. The minimum absolute atomic E-state index is 0. The van der Waals surface area contributed by atoms with Crippen LogP contribution in [-0.2, 0) is 0 Å². The summed E-state index contributed by atoms with van der Waals surface area (Å²) in [5, 5.41) is 0. The van der Waals surface area contributed by atoms with Crippen LogP contribution in [0.2, 0.25) is 0 Å². The summed E-state index contributed by atoms with van der Waals surface area (Å²) in [4.78, 5) is 0. The van der Waals surface area contributed by atoms with Crippen LogP contribution in [0, 0.1) is 0 Å². The van der Waals surface area contributed by atoms with Crippen molar-refractivity contribution >= 4 is 41.5 Å². The first-order chi connectivity index (χ1) is 1.73. The van der Waals surface area contributed by atoms with E-state index in [0.29, 0.717) is 0 Å². The summed E-state index contributed by atoms with van der Waals surface area (Å²) in [5.74, 6) is 0. The number of rotatable bonds is 0. The summed E-state index contributed by atoms with van der Waals surface area (Å²) in [7, 11) is 14.8. The van der Waals surface area contributed by atoms with Gasteiger partial charge in [0.25, 0.3) is 0 Å². The summed E-state index contributed by atoms with van der Waals surface area (Å²) in [6, 6.07) is 0. The Morgan fingerprint density at radius 2 is 1.20 bits per heavy atom. The van der Waals surface area contributed by atoms with Gasteiger partial charge in [0.2, 0.25) is 0 Å². The van der Waals surface area contributed by atoms with Gasteiger partial charge >= 0.3 is 62.8 Å². The van der Waals surface area contributed by atoms with E-state index in [1.54, 1.807) is 0 Å². The summed E-state index contributed by atoms with van der Waals surface area (Å²) < 4.78 is 0. The smallest absolute Gasteiger partial charge is 1.00 e. The second-order valence-electron chi connectivity index (χ2n) is 0.247. The van der Waals surface area contributed by atoms with Crippen LogP contribution >= 0.6 is 30.1 Å². The minimum Gasteiger partial charge on any atom is -1.00 e. The van der Waals surface area contributed by atoms with E-state index >= 15 is 0 Å². The van der Waals surface area contributed by atoms with Crippen molar-refractivity contribution in [3.05, 3.63) is 0 Å². The molecular formula is HAlCl3K. The van der Waals surface area contributed by atoms with Gasteiger partial charge in [-0.2, -0.15) is 0 Å². The molecule has 0 aliphatic carbocycles. The monoisotopic (exact) mass is 172 g/mol. The third-order valence-electron chi connectivity index (χ3n) is 0. The van der Waals surface area contributed by atoms with Crippen molar-refractivity contribution in [2.75, 3.05) is 0 Å². The Bertz CT molecular complexity index is 15.5. The zero-order valence-corrected chi connectivity index (χ0v) is 9.26. The molecule has 0 saturated heterocycles. The summed E-state index contributed by atoms with van der Waals surface area (Å²) in [5.41, 5.74) is 0. The number of halogens is 3. The van der Waals surface area contributed by atoms with Crippen molar-refractivity contribution in [2.24, 2.45) is 0 Å². The van der Waals surface area contributed by atoms with Crippen LogP contribution in [-0.4, -0.2) is 11.4 Å². The number of hydrogen-bond donors (Lipinski definition) is 0. The molecule has 0 radical (unpaired) electrons. The van der Waals surface area contributed by atoms with Crippen molar-refractivity contribution in [1.82, 2.24) is 0 Å². The molecule has 26 valence electrons. The maximum Gasteiger partial charge on any atom is 1.00 e. The molecule has 0 fully saturated rings. The molecule has 0 N–H and O–H groups in total. The molecule has 0 spiro atoms. The Morgan fingerprint density at radius 3 is 1.20 bits per heavy atom. The van der Waals surface area contributed by atoms with Crippen molar-refractivity contribution in [3.8, 4) is 0 Å². The Morgan fingerprint density at radius 1 is 1.20 bits per heavy atom. The molecular weight excluding hydrogens is 172 g/mol. The van der Waals surface area contributed by atoms with Crippen LogP contribution in [0.4, 0.5) is 0 Å². The molecule has 0 nitrogen and oxygen atoms in total. The van der Waals surface area contributed by atoms with Crippen LogP contribution in [0.5, 0.6) is 0 Å². The zero-order chi connectivity index (χ0) is 3.58. The predicted octanol–water partition coefficient (Wildman–Crippen LogP) is -1.20. The van der Waals surface area contributed by atoms with E-state index in [0.717, 1.165) is 0 Å². The van der Waals surface area contributed by atoms with Gasteiger partial charge in [0.1, 0.15) is 0 Å². The molecule has 0 aliphatic rings. The largest absolute Gasteiger partial charge is 1.00 e. The van der Waals surface area contributed by atoms with Crippen LogP contribution in [0.25, 0.3) is 0 Å². The molecule has 0 rings (SSSR count). The van der Waals surface area contributed by atoms with E-state index in [1.165, 1.54) is 0 Å². The summed E-state index contributed by atoms with van der Waals surface area (Å²) in [6.45, 7) is 0. The van der Waals surface area contributed by atoms with E-state index in [1.807, 2.05) is 0 Å². The average molecular weight is 173 g/mol. The first-order valence-corrected chi connectivity index (χ1v) is 5.89. The molecule has 0 bridgehead atoms. The molecule has 0 unspecified atom stereocenters. The fourth-order valence-electron chi connectivity index (χ4n) is 0. The van der Waals surface area contributed by atoms with Gasteiger partial charge < -0.3 is 1.43 Å². The minimum atomic E-state index is -1.72. The van der Waals surface area contributed by atoms with E-state index in [2.05, 4.69) is 0 Å². The molecule has 0 aromatic heterocycles. The van der Waals surface area contributed by atoms with Gasteiger partial charge in [-0.05, 0) is 0 Å². The van der Waals surface area contributed by atoms with Gasteiger partial charge in [0.05, 0.1) is 0 Å². The Hall–Kier alpha value is 3.04. The molecule has 5 heteroatoms. The average Bonchev–Trinajstić information content (AvgIpc) is 0.811. The van der Waals surface area contributed by atoms with E-state index in [9.17, 15) is 0 Å². The fourth-order valence-corrected chi connectivity index (χ4v) is 0. The van der Waals surface area contributed by atoms with Gasteiger partial charge in [0, 0.05) is 0 Å². The summed E-state index contributed by atoms with van der Waals surface area (Å²) >= 11 is -1.72.